The lowest BCUT2D eigenvalue weighted by atomic mass is 10.2. The van der Waals surface area contributed by atoms with Crippen molar-refractivity contribution in [2.75, 3.05) is 19.8 Å². The summed E-state index contributed by atoms with van der Waals surface area (Å²) >= 11 is 12.4. The molecule has 252 valence electrons. The first kappa shape index (κ1) is 38.7. The van der Waals surface area contributed by atoms with Crippen LogP contribution in [0.1, 0.15) is 74.5 Å². The van der Waals surface area contributed by atoms with Gasteiger partial charge in [0.15, 0.2) is 0 Å². The lowest BCUT2D eigenvalue weighted by Gasteiger charge is -2.19. The number of hydrogen-bond donors (Lipinski definition) is 2. The molecular formula is C33H45N3O4S6. The second-order valence-electron chi connectivity index (χ2n) is 11.4. The first-order valence-electron chi connectivity index (χ1n) is 15.3. The van der Waals surface area contributed by atoms with Gasteiger partial charge in [-0.25, -0.2) is 9.97 Å². The van der Waals surface area contributed by atoms with Gasteiger partial charge in [-0.15, -0.1) is 45.3 Å². The maximum absolute atomic E-state index is 11.8. The molecule has 1 aliphatic rings. The number of carbonyl (C=O) groups is 2. The second-order valence-corrected chi connectivity index (χ2v) is 17.3. The molecule has 1 amide bonds. The van der Waals surface area contributed by atoms with Gasteiger partial charge in [-0.2, -0.15) is 12.6 Å². The molecule has 4 aromatic heterocycles. The zero-order valence-corrected chi connectivity index (χ0v) is 32.2. The third-order valence-corrected chi connectivity index (χ3v) is 11.7. The summed E-state index contributed by atoms with van der Waals surface area (Å²) in [5.74, 6) is 1.02. The Labute approximate surface area is 299 Å². The Morgan fingerprint density at radius 3 is 1.83 bits per heavy atom. The number of thioether (sulfide) groups is 1. The van der Waals surface area contributed by atoms with E-state index in [9.17, 15) is 9.59 Å². The minimum absolute atomic E-state index is 0.105. The van der Waals surface area contributed by atoms with Crippen molar-refractivity contribution in [3.05, 3.63) is 75.9 Å². The van der Waals surface area contributed by atoms with Gasteiger partial charge in [0.05, 0.1) is 21.4 Å². The van der Waals surface area contributed by atoms with Crippen LogP contribution in [0.4, 0.5) is 4.79 Å². The van der Waals surface area contributed by atoms with E-state index in [2.05, 4.69) is 69.9 Å². The van der Waals surface area contributed by atoms with E-state index >= 15 is 0 Å². The fraction of sp³-hybridized carbons (Fsp3) is 0.515. The lowest BCUT2D eigenvalue weighted by molar-refractivity contribution is -0.153. The molecule has 0 spiro atoms. The highest BCUT2D eigenvalue weighted by Gasteiger charge is 2.17. The normalized spacial score (nSPS) is 12.6. The maximum atomic E-state index is 11.8. The predicted molar refractivity (Wildman–Crippen MR) is 200 cm³/mol. The third kappa shape index (κ3) is 16.4. The van der Waals surface area contributed by atoms with Crippen molar-refractivity contribution in [3.8, 4) is 0 Å². The van der Waals surface area contributed by atoms with Crippen molar-refractivity contribution in [2.45, 2.75) is 90.3 Å². The largest absolute Gasteiger partial charge is 0.459 e. The average molecular weight is 740 g/mol. The third-order valence-electron chi connectivity index (χ3n) is 6.15. The van der Waals surface area contributed by atoms with Gasteiger partial charge in [-0.05, 0) is 97.4 Å². The minimum atomic E-state index is -0.542. The molecule has 5 rings (SSSR count). The van der Waals surface area contributed by atoms with Gasteiger partial charge in [0.1, 0.15) is 12.1 Å². The first-order chi connectivity index (χ1) is 22.0. The van der Waals surface area contributed by atoms with Gasteiger partial charge in [0.25, 0.3) is 5.24 Å². The van der Waals surface area contributed by atoms with E-state index in [1.165, 1.54) is 33.2 Å². The van der Waals surface area contributed by atoms with Gasteiger partial charge < -0.3 is 14.8 Å². The number of thiazole rings is 2. The summed E-state index contributed by atoms with van der Waals surface area (Å²) in [4.78, 5) is 37.6. The van der Waals surface area contributed by atoms with E-state index in [1.54, 1.807) is 54.8 Å². The van der Waals surface area contributed by atoms with Crippen molar-refractivity contribution in [1.82, 2.24) is 15.3 Å². The van der Waals surface area contributed by atoms with Crippen molar-refractivity contribution in [3.63, 3.8) is 0 Å². The number of thiophene rings is 2. The van der Waals surface area contributed by atoms with Crippen LogP contribution in [0.15, 0.2) is 35.0 Å². The minimum Gasteiger partial charge on any atom is -0.459 e. The molecule has 1 saturated heterocycles. The van der Waals surface area contributed by atoms with Crippen molar-refractivity contribution >= 4 is 80.9 Å². The number of rotatable bonds is 11. The molecule has 0 saturated carbocycles. The summed E-state index contributed by atoms with van der Waals surface area (Å²) in [6.45, 7) is 11.4. The van der Waals surface area contributed by atoms with Crippen LogP contribution in [0, 0.1) is 13.8 Å². The van der Waals surface area contributed by atoms with Crippen LogP contribution in [-0.4, -0.2) is 46.5 Å². The Balaban J connectivity index is 0.000000239. The number of ether oxygens (including phenoxy) is 2. The van der Waals surface area contributed by atoms with Crippen molar-refractivity contribution < 1.29 is 19.1 Å². The number of carbonyl (C=O) groups excluding carboxylic acids is 2. The molecule has 7 nitrogen and oxygen atoms in total. The first-order valence-corrected chi connectivity index (χ1v) is 20.3. The van der Waals surface area contributed by atoms with Crippen LogP contribution in [0.25, 0.3) is 0 Å². The monoisotopic (exact) mass is 739 g/mol. The quantitative estimate of drug-likeness (QED) is 0.117. The zero-order chi connectivity index (χ0) is 33.4. The van der Waals surface area contributed by atoms with E-state index in [0.717, 1.165) is 77.0 Å². The van der Waals surface area contributed by atoms with Crippen LogP contribution >= 0.6 is 69.7 Å². The van der Waals surface area contributed by atoms with Crippen LogP contribution in [0.5, 0.6) is 0 Å². The number of nitrogens with one attached hydrogen (secondary N) is 1. The molecule has 0 aliphatic carbocycles. The Morgan fingerprint density at radius 2 is 1.39 bits per heavy atom. The van der Waals surface area contributed by atoms with Crippen LogP contribution in [-0.2, 0) is 51.5 Å². The number of thiol groups is 1. The van der Waals surface area contributed by atoms with Crippen LogP contribution < -0.4 is 5.32 Å². The van der Waals surface area contributed by atoms with E-state index in [1.807, 2.05) is 18.3 Å². The molecule has 46 heavy (non-hydrogen) atoms. The molecule has 0 bridgehead atoms. The standard InChI is InChI=1S/C18H24N2O3S3.C11H13NS3.C4H8O/c1-12-20-13(10-24-12)5-6-14-7-8-15(26-14)11-25-17(22)19-9-16(21)23-18(2,3)4;1-8-12-9(7-14-8)2-3-10-4-5-11(6-13)15-10;1-2-4-5-3-1/h7-8,10H,5-6,9,11H2,1-4H3,(H,19,22);4-5,7,13H,2-3,6H2,1H3;1-4H2. The number of nitrogens with zero attached hydrogens (tertiary/aromatic N) is 2. The zero-order valence-electron chi connectivity index (χ0n) is 27.3. The van der Waals surface area contributed by atoms with Gasteiger partial charge >= 0.3 is 5.97 Å². The summed E-state index contributed by atoms with van der Waals surface area (Å²) in [6.07, 6.45) is 6.61. The Kier molecular flexibility index (Phi) is 17.3. The fourth-order valence-electron chi connectivity index (χ4n) is 4.04. The molecule has 13 heteroatoms. The van der Waals surface area contributed by atoms with Gasteiger partial charge in [-0.1, -0.05) is 11.8 Å². The highest BCUT2D eigenvalue weighted by atomic mass is 32.2. The summed E-state index contributed by atoms with van der Waals surface area (Å²) in [5, 5.41) is 8.88. The van der Waals surface area contributed by atoms with E-state index in [4.69, 9.17) is 9.47 Å². The summed E-state index contributed by atoms with van der Waals surface area (Å²) in [6, 6.07) is 8.54. The molecular weight excluding hydrogens is 695 g/mol. The van der Waals surface area contributed by atoms with Crippen molar-refractivity contribution in [1.29, 1.82) is 0 Å². The topological polar surface area (TPSA) is 90.4 Å². The summed E-state index contributed by atoms with van der Waals surface area (Å²) < 4.78 is 10.1. The van der Waals surface area contributed by atoms with Gasteiger partial charge in [0.2, 0.25) is 0 Å². The molecule has 1 N–H and O–H groups in total. The van der Waals surface area contributed by atoms with E-state index < -0.39 is 11.6 Å². The van der Waals surface area contributed by atoms with Gasteiger partial charge in [-0.3, -0.25) is 9.59 Å². The smallest absolute Gasteiger partial charge is 0.325 e. The Morgan fingerprint density at radius 1 is 0.870 bits per heavy atom. The number of hydrogen-bond acceptors (Lipinski definition) is 12. The van der Waals surface area contributed by atoms with Crippen molar-refractivity contribution in [2.24, 2.45) is 0 Å². The fourth-order valence-corrected chi connectivity index (χ4v) is 8.28. The number of aryl methyl sites for hydroxylation is 6. The molecule has 1 aliphatic heterocycles. The summed E-state index contributed by atoms with van der Waals surface area (Å²) in [5.41, 5.74) is 1.82. The number of amides is 1. The second kappa shape index (κ2) is 20.6. The lowest BCUT2D eigenvalue weighted by Crippen LogP contribution is -2.33. The van der Waals surface area contributed by atoms with Gasteiger partial charge in [0, 0.05) is 55.0 Å². The van der Waals surface area contributed by atoms with Crippen LogP contribution in [0.2, 0.25) is 0 Å². The van der Waals surface area contributed by atoms with Crippen LogP contribution in [0.3, 0.4) is 0 Å². The Bertz CT molecular complexity index is 1460. The van der Waals surface area contributed by atoms with E-state index in [-0.39, 0.29) is 11.8 Å². The number of aromatic nitrogens is 2. The summed E-state index contributed by atoms with van der Waals surface area (Å²) in [7, 11) is 0. The molecule has 0 radical (unpaired) electrons. The molecule has 1 fully saturated rings. The predicted octanol–water partition coefficient (Wildman–Crippen LogP) is 9.11. The molecule has 4 aromatic rings. The maximum Gasteiger partial charge on any atom is 0.325 e. The highest BCUT2D eigenvalue weighted by Crippen LogP contribution is 2.24. The SMILES string of the molecule is C1CCOC1.Cc1nc(CCc2ccc(CS)s2)cs1.Cc1nc(CCc2ccc(CSC(=O)NCC(=O)OC(C)(C)C)s2)cs1. The Hall–Kier alpha value is -1.74. The average Bonchev–Trinajstić information content (AvgIpc) is 3.85. The highest BCUT2D eigenvalue weighted by molar-refractivity contribution is 8.12. The number of esters is 1. The molecule has 5 heterocycles. The molecule has 0 atom stereocenters. The molecule has 0 unspecified atom stereocenters. The molecule has 0 aromatic carbocycles. The van der Waals surface area contributed by atoms with E-state index in [0.29, 0.717) is 5.75 Å².